The van der Waals surface area contributed by atoms with Crippen LogP contribution in [0.5, 0.6) is 0 Å². The number of aromatic nitrogens is 3. The summed E-state index contributed by atoms with van der Waals surface area (Å²) in [5.41, 5.74) is 0.548. The number of carbonyl (C=O) groups is 1. The van der Waals surface area contributed by atoms with E-state index in [4.69, 9.17) is 0 Å². The summed E-state index contributed by atoms with van der Waals surface area (Å²) in [7, 11) is 0. The number of hydrogen-bond acceptors (Lipinski definition) is 3. The molecule has 1 fully saturated rings. The molecule has 22 heavy (non-hydrogen) atoms. The molecular weight excluding hydrogens is 280 g/mol. The lowest BCUT2D eigenvalue weighted by molar-refractivity contribution is -0.134. The zero-order valence-corrected chi connectivity index (χ0v) is 13.3. The number of carbonyl (C=O) groups excluding carboxylic acids is 1. The first-order valence-electron chi connectivity index (χ1n) is 7.77. The first-order valence-corrected chi connectivity index (χ1v) is 7.77. The first kappa shape index (κ1) is 14.8. The van der Waals surface area contributed by atoms with Gasteiger partial charge in [-0.2, -0.15) is 4.98 Å². The van der Waals surface area contributed by atoms with Crippen LogP contribution >= 0.6 is 0 Å². The predicted molar refractivity (Wildman–Crippen MR) is 83.7 cm³/mol. The molecule has 118 valence electrons. The molecule has 0 N–H and O–H groups in total. The van der Waals surface area contributed by atoms with E-state index < -0.39 is 0 Å². The van der Waals surface area contributed by atoms with Crippen molar-refractivity contribution in [2.75, 3.05) is 13.1 Å². The summed E-state index contributed by atoms with van der Waals surface area (Å²) in [6, 6.07) is 1.49. The van der Waals surface area contributed by atoms with Gasteiger partial charge >= 0.3 is 0 Å². The van der Waals surface area contributed by atoms with Crippen molar-refractivity contribution in [2.24, 2.45) is 11.8 Å². The van der Waals surface area contributed by atoms with Gasteiger partial charge in [0.2, 0.25) is 11.7 Å². The van der Waals surface area contributed by atoms with Crippen LogP contribution in [0.25, 0.3) is 5.78 Å². The van der Waals surface area contributed by atoms with E-state index in [-0.39, 0.29) is 18.0 Å². The van der Waals surface area contributed by atoms with Gasteiger partial charge in [-0.1, -0.05) is 13.8 Å². The smallest absolute Gasteiger partial charge is 0.274 e. The maximum atomic E-state index is 12.6. The van der Waals surface area contributed by atoms with Gasteiger partial charge in [0.1, 0.15) is 6.54 Å². The Hall–Kier alpha value is -2.11. The van der Waals surface area contributed by atoms with Gasteiger partial charge in [-0.15, -0.1) is 0 Å². The van der Waals surface area contributed by atoms with Crippen molar-refractivity contribution < 1.29 is 4.79 Å². The number of likely N-dealkylation sites (tertiary alicyclic amines) is 1. The SMILES string of the molecule is Cc1cc(=O)nc2n(CC(=O)N3CC(C)CC(C)C3)ccn12. The number of fused-ring (bicyclic) bond motifs is 1. The number of nitrogens with zero attached hydrogens (tertiary/aromatic N) is 4. The molecular formula is C16H22N4O2. The van der Waals surface area contributed by atoms with Crippen LogP contribution in [0.1, 0.15) is 26.0 Å². The van der Waals surface area contributed by atoms with E-state index in [1.165, 1.54) is 12.5 Å². The average Bonchev–Trinajstić information content (AvgIpc) is 2.81. The number of aryl methyl sites for hydroxylation is 1. The third-order valence-electron chi connectivity index (χ3n) is 4.32. The van der Waals surface area contributed by atoms with Gasteiger partial charge in [0.15, 0.2) is 0 Å². The Kier molecular flexibility index (Phi) is 3.76. The molecule has 0 aromatic carbocycles. The summed E-state index contributed by atoms with van der Waals surface area (Å²) in [5.74, 6) is 1.69. The molecule has 0 bridgehead atoms. The highest BCUT2D eigenvalue weighted by Gasteiger charge is 2.25. The van der Waals surface area contributed by atoms with Crippen LogP contribution in [0.2, 0.25) is 0 Å². The van der Waals surface area contributed by atoms with Crippen molar-refractivity contribution in [1.82, 2.24) is 18.9 Å². The quantitative estimate of drug-likeness (QED) is 0.840. The third-order valence-corrected chi connectivity index (χ3v) is 4.32. The van der Waals surface area contributed by atoms with E-state index in [2.05, 4.69) is 18.8 Å². The Labute approximate surface area is 129 Å². The molecule has 6 nitrogen and oxygen atoms in total. The number of amides is 1. The van der Waals surface area contributed by atoms with Crippen molar-refractivity contribution >= 4 is 11.7 Å². The molecule has 0 aliphatic carbocycles. The van der Waals surface area contributed by atoms with E-state index in [9.17, 15) is 9.59 Å². The van der Waals surface area contributed by atoms with Gasteiger partial charge in [0.05, 0.1) is 0 Å². The minimum Gasteiger partial charge on any atom is -0.341 e. The summed E-state index contributed by atoms with van der Waals surface area (Å²) in [6.45, 7) is 8.09. The lowest BCUT2D eigenvalue weighted by Crippen LogP contribution is -2.44. The molecule has 3 rings (SSSR count). The van der Waals surface area contributed by atoms with E-state index in [0.717, 1.165) is 18.8 Å². The minimum atomic E-state index is -0.273. The van der Waals surface area contributed by atoms with Crippen LogP contribution in [-0.4, -0.2) is 37.8 Å². The first-order chi connectivity index (χ1) is 10.4. The van der Waals surface area contributed by atoms with Gasteiger partial charge in [-0.3, -0.25) is 14.0 Å². The Balaban J connectivity index is 1.84. The molecule has 1 aliphatic heterocycles. The number of piperidine rings is 1. The van der Waals surface area contributed by atoms with Crippen molar-refractivity contribution in [1.29, 1.82) is 0 Å². The third kappa shape index (κ3) is 2.77. The highest BCUT2D eigenvalue weighted by atomic mass is 16.2. The van der Waals surface area contributed by atoms with Crippen LogP contribution in [0.4, 0.5) is 0 Å². The van der Waals surface area contributed by atoms with Crippen molar-refractivity contribution in [3.05, 3.63) is 34.5 Å². The molecule has 1 aliphatic rings. The lowest BCUT2D eigenvalue weighted by atomic mass is 9.92. The van der Waals surface area contributed by atoms with Crippen molar-refractivity contribution in [3.8, 4) is 0 Å². The Morgan fingerprint density at radius 2 is 1.95 bits per heavy atom. The van der Waals surface area contributed by atoms with Gasteiger partial charge in [-0.25, -0.2) is 0 Å². The highest BCUT2D eigenvalue weighted by Crippen LogP contribution is 2.21. The van der Waals surface area contributed by atoms with Crippen LogP contribution in [-0.2, 0) is 11.3 Å². The summed E-state index contributed by atoms with van der Waals surface area (Å²) in [5, 5.41) is 0. The topological polar surface area (TPSA) is 59.6 Å². The van der Waals surface area contributed by atoms with Crippen LogP contribution in [0, 0.1) is 18.8 Å². The monoisotopic (exact) mass is 302 g/mol. The maximum Gasteiger partial charge on any atom is 0.274 e. The fourth-order valence-electron chi connectivity index (χ4n) is 3.43. The molecule has 3 heterocycles. The molecule has 0 saturated carbocycles. The predicted octanol–water partition coefficient (Wildman–Crippen LogP) is 1.31. The molecule has 6 heteroatoms. The Bertz CT molecular complexity index is 751. The van der Waals surface area contributed by atoms with Gasteiger partial charge < -0.3 is 9.47 Å². The van der Waals surface area contributed by atoms with E-state index in [1.54, 1.807) is 4.57 Å². The molecule has 0 radical (unpaired) electrons. The maximum absolute atomic E-state index is 12.6. The van der Waals surface area contributed by atoms with Gasteiger partial charge in [0.25, 0.3) is 5.56 Å². The van der Waals surface area contributed by atoms with Crippen molar-refractivity contribution in [3.63, 3.8) is 0 Å². The van der Waals surface area contributed by atoms with E-state index in [0.29, 0.717) is 17.6 Å². The molecule has 1 saturated heterocycles. The molecule has 2 aromatic rings. The lowest BCUT2D eigenvalue weighted by Gasteiger charge is -2.35. The number of hydrogen-bond donors (Lipinski definition) is 0. The average molecular weight is 302 g/mol. The summed E-state index contributed by atoms with van der Waals surface area (Å²) < 4.78 is 3.58. The zero-order chi connectivity index (χ0) is 15.9. The second kappa shape index (κ2) is 5.59. The fourth-order valence-corrected chi connectivity index (χ4v) is 3.43. The normalized spacial score (nSPS) is 22.2. The van der Waals surface area contributed by atoms with Gasteiger partial charge in [0, 0.05) is 37.2 Å². The zero-order valence-electron chi connectivity index (χ0n) is 13.3. The Morgan fingerprint density at radius 1 is 1.27 bits per heavy atom. The van der Waals surface area contributed by atoms with Crippen LogP contribution < -0.4 is 5.56 Å². The molecule has 0 spiro atoms. The van der Waals surface area contributed by atoms with Crippen LogP contribution in [0.3, 0.4) is 0 Å². The largest absolute Gasteiger partial charge is 0.341 e. The minimum absolute atomic E-state index is 0.0901. The molecule has 1 amide bonds. The van der Waals surface area contributed by atoms with Crippen molar-refractivity contribution in [2.45, 2.75) is 33.7 Å². The molecule has 2 aromatic heterocycles. The number of rotatable bonds is 2. The second-order valence-electron chi connectivity index (χ2n) is 6.58. The van der Waals surface area contributed by atoms with E-state index in [1.807, 2.05) is 28.6 Å². The second-order valence-corrected chi connectivity index (χ2v) is 6.58. The number of imidazole rings is 1. The summed E-state index contributed by atoms with van der Waals surface area (Å²) in [6.07, 6.45) is 4.82. The van der Waals surface area contributed by atoms with Gasteiger partial charge in [-0.05, 0) is 25.2 Å². The summed E-state index contributed by atoms with van der Waals surface area (Å²) >= 11 is 0. The van der Waals surface area contributed by atoms with Crippen LogP contribution in [0.15, 0.2) is 23.3 Å². The van der Waals surface area contributed by atoms with E-state index >= 15 is 0 Å². The fraction of sp³-hybridized carbons (Fsp3) is 0.562. The standard InChI is InChI=1S/C16H22N4O2/c1-11-6-12(2)9-19(8-11)15(22)10-18-4-5-20-13(3)7-14(21)17-16(18)20/h4-5,7,11-12H,6,8-10H2,1-3H3. The molecule has 2 atom stereocenters. The highest BCUT2D eigenvalue weighted by molar-refractivity contribution is 5.76. The summed E-state index contributed by atoms with van der Waals surface area (Å²) in [4.78, 5) is 30.1. The Morgan fingerprint density at radius 3 is 2.64 bits per heavy atom. The molecule has 2 unspecified atom stereocenters.